The zero-order chi connectivity index (χ0) is 27.8. The van der Waals surface area contributed by atoms with E-state index in [4.69, 9.17) is 9.72 Å². The fourth-order valence-electron chi connectivity index (χ4n) is 4.71. The number of carbonyl (C=O) groups is 1. The lowest BCUT2D eigenvalue weighted by molar-refractivity contribution is -0.0340. The van der Waals surface area contributed by atoms with Gasteiger partial charge in [0.15, 0.2) is 23.1 Å². The van der Waals surface area contributed by atoms with Gasteiger partial charge in [0.2, 0.25) is 0 Å². The van der Waals surface area contributed by atoms with Crippen molar-refractivity contribution >= 4 is 28.3 Å². The monoisotopic (exact) mass is 534 g/mol. The molecule has 5 aromatic rings. The zero-order valence-electron chi connectivity index (χ0n) is 22.2. The third-order valence-electron chi connectivity index (χ3n) is 6.87. The fraction of sp³-hybridized carbons (Fsp3) is 0.250. The number of carbonyl (C=O) groups excluding carboxylic acids is 1. The molecule has 1 saturated heterocycles. The van der Waals surface area contributed by atoms with Gasteiger partial charge < -0.3 is 10.1 Å². The number of fused-ring (bicyclic) bond motifs is 1. The lowest BCUT2D eigenvalue weighted by Gasteiger charge is -2.37. The van der Waals surface area contributed by atoms with Gasteiger partial charge in [-0.1, -0.05) is 0 Å². The molecule has 5 heterocycles. The minimum atomic E-state index is -0.152. The maximum Gasteiger partial charge on any atom is 0.166 e. The van der Waals surface area contributed by atoms with Crippen molar-refractivity contribution in [3.63, 3.8) is 0 Å². The summed E-state index contributed by atoms with van der Waals surface area (Å²) in [6.07, 6.45) is 1.99. The van der Waals surface area contributed by atoms with E-state index in [0.29, 0.717) is 34.8 Å². The molecule has 1 aliphatic rings. The number of likely N-dealkylation sites (tertiary alicyclic amines) is 1. The maximum atomic E-state index is 12.4. The van der Waals surface area contributed by atoms with Crippen molar-refractivity contribution in [2.75, 3.05) is 25.5 Å². The molecule has 1 N–H and O–H groups in total. The summed E-state index contributed by atoms with van der Waals surface area (Å²) in [5, 5.41) is 25.6. The number of benzene rings is 1. The summed E-state index contributed by atoms with van der Waals surface area (Å²) in [5.74, 6) is 1.38. The number of rotatable bonds is 8. The number of hydrogen-bond acceptors (Lipinski definition) is 10. The van der Waals surface area contributed by atoms with Crippen molar-refractivity contribution in [2.45, 2.75) is 26.5 Å². The van der Waals surface area contributed by atoms with Crippen LogP contribution in [0.5, 0.6) is 0 Å². The van der Waals surface area contributed by atoms with Gasteiger partial charge in [-0.3, -0.25) is 14.3 Å². The average molecular weight is 535 g/mol. The van der Waals surface area contributed by atoms with E-state index in [9.17, 15) is 10.1 Å². The Morgan fingerprint density at radius 2 is 2.00 bits per heavy atom. The van der Waals surface area contributed by atoms with Gasteiger partial charge in [0.1, 0.15) is 18.2 Å². The van der Waals surface area contributed by atoms with Gasteiger partial charge in [-0.05, 0) is 62.4 Å². The van der Waals surface area contributed by atoms with Gasteiger partial charge in [0.25, 0.3) is 0 Å². The van der Waals surface area contributed by atoms with E-state index in [0.717, 1.165) is 42.0 Å². The first-order valence-corrected chi connectivity index (χ1v) is 12.7. The number of ketones is 1. The van der Waals surface area contributed by atoms with E-state index in [1.807, 2.05) is 47.9 Å². The summed E-state index contributed by atoms with van der Waals surface area (Å²) in [6.45, 7) is 5.84. The fourth-order valence-corrected chi connectivity index (χ4v) is 4.71. The summed E-state index contributed by atoms with van der Waals surface area (Å²) >= 11 is 0. The standard InChI is InChI=1S/C28H26N10O2/c1-17-10-21(12-29)35-38(17)28-23(18(2)39)6-9-27(32-28)37-16-30-24-7-4-19(11-25(24)37)31-26-8-5-20(33-34-26)13-36-14-22(15-36)40-3/h4-11,16,22H,13-15H2,1-3H3,(H,31,34). The van der Waals surface area contributed by atoms with E-state index >= 15 is 0 Å². The second-order valence-corrected chi connectivity index (χ2v) is 9.70. The number of nitrogens with zero attached hydrogens (tertiary/aromatic N) is 9. The molecule has 12 nitrogen and oxygen atoms in total. The molecule has 12 heteroatoms. The number of aromatic nitrogens is 7. The van der Waals surface area contributed by atoms with Crippen LogP contribution in [0.15, 0.2) is 54.9 Å². The van der Waals surface area contributed by atoms with Crippen molar-refractivity contribution < 1.29 is 9.53 Å². The smallest absolute Gasteiger partial charge is 0.166 e. The number of methoxy groups -OCH3 is 1. The second kappa shape index (κ2) is 10.3. The topological polar surface area (TPSA) is 140 Å². The minimum absolute atomic E-state index is 0.152. The Hall–Kier alpha value is -4.99. The molecule has 40 heavy (non-hydrogen) atoms. The van der Waals surface area contributed by atoms with Gasteiger partial charge in [-0.2, -0.15) is 15.5 Å². The van der Waals surface area contributed by atoms with Crippen LogP contribution in [-0.2, 0) is 11.3 Å². The van der Waals surface area contributed by atoms with E-state index in [-0.39, 0.29) is 11.5 Å². The molecule has 0 saturated carbocycles. The first kappa shape index (κ1) is 25.3. The van der Waals surface area contributed by atoms with Crippen LogP contribution in [0.4, 0.5) is 11.5 Å². The van der Waals surface area contributed by atoms with Gasteiger partial charge >= 0.3 is 0 Å². The van der Waals surface area contributed by atoms with E-state index in [1.165, 1.54) is 11.6 Å². The molecule has 200 valence electrons. The van der Waals surface area contributed by atoms with Crippen molar-refractivity contribution in [1.29, 1.82) is 5.26 Å². The van der Waals surface area contributed by atoms with E-state index < -0.39 is 0 Å². The van der Waals surface area contributed by atoms with Crippen LogP contribution in [0.3, 0.4) is 0 Å². The normalized spacial score (nSPS) is 13.8. The largest absolute Gasteiger partial charge is 0.379 e. The van der Waals surface area contributed by atoms with Crippen LogP contribution in [0.25, 0.3) is 22.7 Å². The van der Waals surface area contributed by atoms with Crippen LogP contribution in [0, 0.1) is 18.3 Å². The van der Waals surface area contributed by atoms with Gasteiger partial charge in [-0.15, -0.1) is 5.10 Å². The number of nitrogens with one attached hydrogen (secondary N) is 1. The Kier molecular flexibility index (Phi) is 6.51. The van der Waals surface area contributed by atoms with Crippen LogP contribution in [0.1, 0.15) is 34.4 Å². The zero-order valence-corrected chi connectivity index (χ0v) is 22.2. The molecule has 0 atom stereocenters. The summed E-state index contributed by atoms with van der Waals surface area (Å²) in [6, 6.07) is 16.8. The Bertz CT molecular complexity index is 1760. The van der Waals surface area contributed by atoms with Crippen molar-refractivity contribution in [2.24, 2.45) is 0 Å². The molecule has 0 bridgehead atoms. The summed E-state index contributed by atoms with van der Waals surface area (Å²) in [5.41, 5.74) is 4.64. The van der Waals surface area contributed by atoms with Gasteiger partial charge in [0.05, 0.1) is 28.4 Å². The number of imidazole rings is 1. The number of ether oxygens (including phenoxy) is 1. The highest BCUT2D eigenvalue weighted by Crippen LogP contribution is 2.25. The van der Waals surface area contributed by atoms with E-state index in [1.54, 1.807) is 31.6 Å². The molecule has 4 aromatic heterocycles. The molecular formula is C28H26N10O2. The number of anilines is 2. The van der Waals surface area contributed by atoms with Crippen LogP contribution < -0.4 is 5.32 Å². The second-order valence-electron chi connectivity index (χ2n) is 9.70. The highest BCUT2D eigenvalue weighted by Gasteiger charge is 2.26. The molecular weight excluding hydrogens is 508 g/mol. The first-order chi connectivity index (χ1) is 19.4. The lowest BCUT2D eigenvalue weighted by atomic mass is 10.1. The minimum Gasteiger partial charge on any atom is -0.379 e. The summed E-state index contributed by atoms with van der Waals surface area (Å²) in [7, 11) is 1.73. The van der Waals surface area contributed by atoms with Crippen molar-refractivity contribution in [1.82, 2.24) is 39.4 Å². The van der Waals surface area contributed by atoms with Crippen LogP contribution >= 0.6 is 0 Å². The molecule has 6 rings (SSSR count). The Morgan fingerprint density at radius 1 is 1.15 bits per heavy atom. The molecule has 1 aliphatic heterocycles. The third-order valence-corrected chi connectivity index (χ3v) is 6.87. The Morgan fingerprint density at radius 3 is 2.70 bits per heavy atom. The number of pyridine rings is 1. The van der Waals surface area contributed by atoms with E-state index in [2.05, 4.69) is 30.5 Å². The third kappa shape index (κ3) is 4.79. The number of hydrogen-bond donors (Lipinski definition) is 1. The summed E-state index contributed by atoms with van der Waals surface area (Å²) < 4.78 is 8.68. The molecule has 0 unspecified atom stereocenters. The Labute approximate surface area is 229 Å². The molecule has 0 amide bonds. The Balaban J connectivity index is 1.28. The first-order valence-electron chi connectivity index (χ1n) is 12.7. The average Bonchev–Trinajstić information content (AvgIpc) is 3.53. The number of aryl methyl sites for hydroxylation is 1. The molecule has 0 spiro atoms. The molecule has 1 aromatic carbocycles. The van der Waals surface area contributed by atoms with Crippen molar-refractivity contribution in [3.05, 3.63) is 77.5 Å². The summed E-state index contributed by atoms with van der Waals surface area (Å²) in [4.78, 5) is 23.9. The van der Waals surface area contributed by atoms with Crippen LogP contribution in [-0.4, -0.2) is 71.5 Å². The predicted molar refractivity (Wildman–Crippen MR) is 147 cm³/mol. The highest BCUT2D eigenvalue weighted by atomic mass is 16.5. The van der Waals surface area contributed by atoms with Gasteiger partial charge in [-0.25, -0.2) is 14.6 Å². The maximum absolute atomic E-state index is 12.4. The quantitative estimate of drug-likeness (QED) is 0.295. The molecule has 0 aliphatic carbocycles. The predicted octanol–water partition coefficient (Wildman–Crippen LogP) is 3.35. The number of nitriles is 1. The van der Waals surface area contributed by atoms with Crippen LogP contribution in [0.2, 0.25) is 0 Å². The van der Waals surface area contributed by atoms with Crippen molar-refractivity contribution in [3.8, 4) is 17.7 Å². The lowest BCUT2D eigenvalue weighted by Crippen LogP contribution is -2.51. The van der Waals surface area contributed by atoms with Gasteiger partial charge in [0, 0.05) is 38.1 Å². The molecule has 0 radical (unpaired) electrons. The SMILES string of the molecule is COC1CN(Cc2ccc(Nc3ccc4ncn(-c5ccc(C(C)=O)c(-n6nc(C#N)cc6C)n5)c4c3)nn2)C1. The molecule has 1 fully saturated rings. The number of Topliss-reactive ketones (excluding diaryl/α,β-unsaturated/α-hetero) is 1. The highest BCUT2D eigenvalue weighted by molar-refractivity contribution is 5.97.